The molecule has 1 aromatic heterocycles. The van der Waals surface area contributed by atoms with Crippen molar-refractivity contribution in [1.82, 2.24) is 9.88 Å². The van der Waals surface area contributed by atoms with Gasteiger partial charge in [0.05, 0.1) is 6.61 Å². The first-order valence-electron chi connectivity index (χ1n) is 7.20. The van der Waals surface area contributed by atoms with Crippen LogP contribution in [0.15, 0.2) is 36.7 Å². The topological polar surface area (TPSA) is 52.2 Å². The van der Waals surface area contributed by atoms with E-state index in [-0.39, 0.29) is 6.04 Å². The first kappa shape index (κ1) is 17.1. The Kier molecular flexibility index (Phi) is 6.82. The Balaban J connectivity index is 2.40. The Morgan fingerprint density at radius 3 is 2.48 bits per heavy atom. The molecule has 1 aromatic rings. The molecule has 0 bridgehead atoms. The fraction of sp³-hybridized carbons (Fsp3) is 0.412. The second-order valence-corrected chi connectivity index (χ2v) is 5.27. The third-order valence-electron chi connectivity index (χ3n) is 3.33. The number of hydrogen-bond donors (Lipinski definition) is 2. The highest BCUT2D eigenvalue weighted by Gasteiger charge is 2.10. The zero-order chi connectivity index (χ0) is 15.8. The fourth-order valence-corrected chi connectivity index (χ4v) is 2.14. The smallest absolute Gasteiger partial charge is 0.179 e. The minimum atomic E-state index is 0.142. The standard InChI is InChI=1S/C17H27N3O/c1-13(2)8-10-19-16(5)21-11-9-17(12-18)20-14(3)6-7-15(20)4/h6-7,17,19H,1,3-5,8-12,18H2,2H3. The van der Waals surface area contributed by atoms with Gasteiger partial charge < -0.3 is 20.4 Å². The van der Waals surface area contributed by atoms with Crippen molar-refractivity contribution >= 4 is 13.2 Å². The Morgan fingerprint density at radius 1 is 1.33 bits per heavy atom. The van der Waals surface area contributed by atoms with Crippen LogP contribution in [0.1, 0.15) is 25.8 Å². The molecule has 0 aliphatic carbocycles. The maximum atomic E-state index is 5.85. The minimum Gasteiger partial charge on any atom is -0.480 e. The molecule has 21 heavy (non-hydrogen) atoms. The van der Waals surface area contributed by atoms with Gasteiger partial charge in [-0.25, -0.2) is 0 Å². The van der Waals surface area contributed by atoms with E-state index in [0.717, 1.165) is 35.7 Å². The number of ether oxygens (including phenoxy) is 1. The highest BCUT2D eigenvalue weighted by atomic mass is 16.5. The lowest BCUT2D eigenvalue weighted by molar-refractivity contribution is 0.174. The summed E-state index contributed by atoms with van der Waals surface area (Å²) in [6, 6.07) is 4.04. The maximum Gasteiger partial charge on any atom is 0.179 e. The third kappa shape index (κ3) is 5.52. The zero-order valence-corrected chi connectivity index (χ0v) is 13.0. The monoisotopic (exact) mass is 289 g/mol. The number of rotatable bonds is 10. The van der Waals surface area contributed by atoms with Gasteiger partial charge in [-0.2, -0.15) is 0 Å². The molecule has 0 aromatic carbocycles. The molecule has 1 unspecified atom stereocenters. The quantitative estimate of drug-likeness (QED) is 0.503. The summed E-state index contributed by atoms with van der Waals surface area (Å²) in [5.41, 5.74) is 6.99. The lowest BCUT2D eigenvalue weighted by Crippen LogP contribution is -2.34. The van der Waals surface area contributed by atoms with Crippen molar-refractivity contribution in [2.75, 3.05) is 19.7 Å². The molecule has 1 rings (SSSR count). The van der Waals surface area contributed by atoms with Crippen LogP contribution in [0.2, 0.25) is 0 Å². The highest BCUT2D eigenvalue weighted by molar-refractivity contribution is 5.10. The summed E-state index contributed by atoms with van der Waals surface area (Å²) in [6.45, 7) is 19.6. The van der Waals surface area contributed by atoms with Gasteiger partial charge in [-0.1, -0.05) is 18.7 Å². The molecule has 0 aliphatic heterocycles. The molecule has 3 N–H and O–H groups in total. The van der Waals surface area contributed by atoms with Gasteiger partial charge in [0.2, 0.25) is 0 Å². The Bertz CT molecular complexity index is 546. The van der Waals surface area contributed by atoms with Gasteiger partial charge in [-0.15, -0.1) is 6.58 Å². The van der Waals surface area contributed by atoms with E-state index >= 15 is 0 Å². The largest absolute Gasteiger partial charge is 0.480 e. The second kappa shape index (κ2) is 8.37. The van der Waals surface area contributed by atoms with Gasteiger partial charge in [0, 0.05) is 36.3 Å². The summed E-state index contributed by atoms with van der Waals surface area (Å²) in [7, 11) is 0. The maximum absolute atomic E-state index is 5.85. The van der Waals surface area contributed by atoms with Gasteiger partial charge in [-0.05, 0) is 32.1 Å². The Morgan fingerprint density at radius 2 is 1.95 bits per heavy atom. The van der Waals surface area contributed by atoms with E-state index in [1.165, 1.54) is 0 Å². The third-order valence-corrected chi connectivity index (χ3v) is 3.33. The van der Waals surface area contributed by atoms with Crippen molar-refractivity contribution in [1.29, 1.82) is 0 Å². The number of aromatic nitrogens is 1. The molecule has 0 saturated carbocycles. The molecule has 116 valence electrons. The van der Waals surface area contributed by atoms with E-state index in [2.05, 4.69) is 36.2 Å². The van der Waals surface area contributed by atoms with Gasteiger partial charge in [0.15, 0.2) is 5.88 Å². The van der Waals surface area contributed by atoms with E-state index in [0.29, 0.717) is 19.0 Å². The zero-order valence-electron chi connectivity index (χ0n) is 13.0. The van der Waals surface area contributed by atoms with Crippen LogP contribution in [0.25, 0.3) is 13.2 Å². The number of nitrogens with two attached hydrogens (primary N) is 1. The van der Waals surface area contributed by atoms with Crippen LogP contribution < -0.4 is 21.7 Å². The van der Waals surface area contributed by atoms with E-state index in [1.54, 1.807) is 0 Å². The van der Waals surface area contributed by atoms with Crippen LogP contribution in [0.3, 0.4) is 0 Å². The minimum absolute atomic E-state index is 0.142. The molecular weight excluding hydrogens is 262 g/mol. The number of hydrogen-bond acceptors (Lipinski definition) is 3. The van der Waals surface area contributed by atoms with Crippen molar-refractivity contribution in [3.63, 3.8) is 0 Å². The molecular formula is C17H27N3O. The van der Waals surface area contributed by atoms with Gasteiger partial charge >= 0.3 is 0 Å². The van der Waals surface area contributed by atoms with Crippen LogP contribution in [0, 0.1) is 0 Å². The molecule has 0 aliphatic rings. The van der Waals surface area contributed by atoms with Gasteiger partial charge in [0.1, 0.15) is 0 Å². The highest BCUT2D eigenvalue weighted by Crippen LogP contribution is 2.06. The van der Waals surface area contributed by atoms with Crippen LogP contribution in [0.5, 0.6) is 0 Å². The van der Waals surface area contributed by atoms with Gasteiger partial charge in [0.25, 0.3) is 0 Å². The van der Waals surface area contributed by atoms with Crippen molar-refractivity contribution in [3.8, 4) is 0 Å². The summed E-state index contributed by atoms with van der Waals surface area (Å²) in [4.78, 5) is 0. The van der Waals surface area contributed by atoms with Crippen LogP contribution >= 0.6 is 0 Å². The summed E-state index contributed by atoms with van der Waals surface area (Å²) in [6.07, 6.45) is 1.70. The number of nitrogens with zero attached hydrogens (tertiary/aromatic N) is 1. The van der Waals surface area contributed by atoms with E-state index < -0.39 is 0 Å². The molecule has 0 amide bonds. The molecule has 4 nitrogen and oxygen atoms in total. The molecule has 0 radical (unpaired) electrons. The molecule has 0 saturated heterocycles. The molecule has 0 spiro atoms. The van der Waals surface area contributed by atoms with Crippen LogP contribution in [-0.2, 0) is 4.74 Å². The van der Waals surface area contributed by atoms with Crippen LogP contribution in [0.4, 0.5) is 0 Å². The Labute approximate surface area is 127 Å². The molecule has 0 fully saturated rings. The predicted molar refractivity (Wildman–Crippen MR) is 90.0 cm³/mol. The lowest BCUT2D eigenvalue weighted by Gasteiger charge is -2.19. The first-order chi connectivity index (χ1) is 9.95. The fourth-order valence-electron chi connectivity index (χ4n) is 2.14. The Hall–Kier alpha value is -1.94. The molecule has 4 heteroatoms. The van der Waals surface area contributed by atoms with Gasteiger partial charge in [-0.3, -0.25) is 0 Å². The lowest BCUT2D eigenvalue weighted by atomic mass is 10.2. The summed E-state index contributed by atoms with van der Waals surface area (Å²) in [5, 5.41) is 4.97. The normalized spacial score (nSPS) is 11.9. The van der Waals surface area contributed by atoms with Crippen molar-refractivity contribution < 1.29 is 4.74 Å². The molecule has 1 heterocycles. The van der Waals surface area contributed by atoms with E-state index in [9.17, 15) is 0 Å². The van der Waals surface area contributed by atoms with Crippen molar-refractivity contribution in [3.05, 3.63) is 47.4 Å². The summed E-state index contributed by atoms with van der Waals surface area (Å²) in [5.74, 6) is 0.587. The van der Waals surface area contributed by atoms with E-state index in [4.69, 9.17) is 10.5 Å². The SMILES string of the molecule is C=C(C)CCNC(=C)OCCC(CN)n1c(=C)ccc1=C. The summed E-state index contributed by atoms with van der Waals surface area (Å²) < 4.78 is 7.65. The van der Waals surface area contributed by atoms with Crippen LogP contribution in [-0.4, -0.2) is 24.3 Å². The number of nitrogens with one attached hydrogen (secondary N) is 1. The second-order valence-electron chi connectivity index (χ2n) is 5.27. The predicted octanol–water partition coefficient (Wildman–Crippen LogP) is 1.24. The average Bonchev–Trinajstić information content (AvgIpc) is 2.74. The average molecular weight is 289 g/mol. The van der Waals surface area contributed by atoms with Crippen molar-refractivity contribution in [2.45, 2.75) is 25.8 Å². The van der Waals surface area contributed by atoms with Crippen molar-refractivity contribution in [2.24, 2.45) is 5.73 Å². The first-order valence-corrected chi connectivity index (χ1v) is 7.20. The summed E-state index contributed by atoms with van der Waals surface area (Å²) >= 11 is 0. The molecule has 1 atom stereocenters. The van der Waals surface area contributed by atoms with E-state index in [1.807, 2.05) is 19.1 Å².